The lowest BCUT2D eigenvalue weighted by atomic mass is 9.98. The molecule has 1 saturated heterocycles. The van der Waals surface area contributed by atoms with Gasteiger partial charge in [0.25, 0.3) is 0 Å². The number of hydrogen-bond acceptors (Lipinski definition) is 6. The first-order valence-electron chi connectivity index (χ1n) is 10.4. The van der Waals surface area contributed by atoms with Crippen molar-refractivity contribution in [1.29, 1.82) is 0 Å². The largest absolute Gasteiger partial charge is 0.454 e. The van der Waals surface area contributed by atoms with Gasteiger partial charge < -0.3 is 18.8 Å². The molecular formula is C23H22FN3O4. The number of nitrogens with zero attached hydrogens (tertiary/aromatic N) is 3. The summed E-state index contributed by atoms with van der Waals surface area (Å²) in [5.74, 6) is 2.23. The van der Waals surface area contributed by atoms with Crippen molar-refractivity contribution in [2.45, 2.75) is 31.6 Å². The van der Waals surface area contributed by atoms with Crippen LogP contribution in [0.1, 0.15) is 41.7 Å². The van der Waals surface area contributed by atoms with Gasteiger partial charge in [-0.2, -0.15) is 0 Å². The van der Waals surface area contributed by atoms with Crippen LogP contribution in [0.25, 0.3) is 0 Å². The van der Waals surface area contributed by atoms with Crippen LogP contribution in [-0.4, -0.2) is 40.9 Å². The van der Waals surface area contributed by atoms with E-state index < -0.39 is 0 Å². The number of ether oxygens (including phenoxy) is 2. The van der Waals surface area contributed by atoms with Gasteiger partial charge in [-0.05, 0) is 35.7 Å². The minimum Gasteiger partial charge on any atom is -0.454 e. The molecule has 0 bridgehead atoms. The molecule has 2 aromatic carbocycles. The van der Waals surface area contributed by atoms with Gasteiger partial charge in [0.05, 0.1) is 6.42 Å². The molecule has 2 aliphatic heterocycles. The number of fused-ring (bicyclic) bond motifs is 1. The van der Waals surface area contributed by atoms with Crippen LogP contribution in [0.4, 0.5) is 4.39 Å². The highest BCUT2D eigenvalue weighted by Crippen LogP contribution is 2.33. The van der Waals surface area contributed by atoms with E-state index in [1.807, 2.05) is 24.3 Å². The lowest BCUT2D eigenvalue weighted by molar-refractivity contribution is -0.130. The molecule has 0 N–H and O–H groups in total. The average Bonchev–Trinajstić information content (AvgIpc) is 3.53. The smallest absolute Gasteiger partial charge is 0.231 e. The Bertz CT molecular complexity index is 1100. The van der Waals surface area contributed by atoms with Gasteiger partial charge in [-0.1, -0.05) is 24.3 Å². The first-order valence-corrected chi connectivity index (χ1v) is 10.4. The third-order valence-electron chi connectivity index (χ3n) is 5.74. The molecule has 0 aliphatic carbocycles. The molecule has 0 saturated carbocycles. The number of halogens is 1. The highest BCUT2D eigenvalue weighted by atomic mass is 19.1. The molecule has 1 amide bonds. The molecule has 1 unspecified atom stereocenters. The number of carbonyl (C=O) groups is 1. The summed E-state index contributed by atoms with van der Waals surface area (Å²) < 4.78 is 30.4. The summed E-state index contributed by atoms with van der Waals surface area (Å²) in [5, 5.41) is 8.15. The Hall–Kier alpha value is -3.42. The molecule has 3 heterocycles. The Morgan fingerprint density at radius 3 is 2.84 bits per heavy atom. The van der Waals surface area contributed by atoms with Crippen molar-refractivity contribution in [2.75, 3.05) is 19.9 Å². The second kappa shape index (κ2) is 8.37. The Balaban J connectivity index is 1.14. The molecule has 3 aromatic rings. The molecule has 1 aromatic heterocycles. The van der Waals surface area contributed by atoms with Crippen LogP contribution in [-0.2, 0) is 17.6 Å². The van der Waals surface area contributed by atoms with Crippen LogP contribution in [0.15, 0.2) is 46.9 Å². The van der Waals surface area contributed by atoms with Crippen LogP contribution >= 0.6 is 0 Å². The summed E-state index contributed by atoms with van der Waals surface area (Å²) in [6, 6.07) is 12.5. The molecule has 31 heavy (non-hydrogen) atoms. The van der Waals surface area contributed by atoms with E-state index >= 15 is 0 Å². The van der Waals surface area contributed by atoms with E-state index in [1.54, 1.807) is 17.0 Å². The van der Waals surface area contributed by atoms with Crippen LogP contribution in [0.5, 0.6) is 11.5 Å². The average molecular weight is 423 g/mol. The quantitative estimate of drug-likeness (QED) is 0.604. The number of rotatable bonds is 6. The van der Waals surface area contributed by atoms with E-state index in [9.17, 15) is 9.18 Å². The number of aryl methyl sites for hydroxylation is 1. The SMILES string of the molecule is O=C(CCc1nnc(Cc2ccc3c(c2)OCO3)o1)N1CCC(c2ccccc2F)C1. The highest BCUT2D eigenvalue weighted by molar-refractivity contribution is 5.76. The third-order valence-corrected chi connectivity index (χ3v) is 5.74. The number of benzene rings is 2. The topological polar surface area (TPSA) is 77.7 Å². The van der Waals surface area contributed by atoms with Gasteiger partial charge in [0.2, 0.25) is 24.5 Å². The third kappa shape index (κ3) is 4.23. The first kappa shape index (κ1) is 19.5. The molecule has 2 aliphatic rings. The van der Waals surface area contributed by atoms with E-state index in [1.165, 1.54) is 6.07 Å². The van der Waals surface area contributed by atoms with Gasteiger partial charge in [-0.3, -0.25) is 4.79 Å². The molecule has 160 valence electrons. The van der Waals surface area contributed by atoms with Gasteiger partial charge in [-0.15, -0.1) is 10.2 Å². The molecule has 5 rings (SSSR count). The van der Waals surface area contributed by atoms with E-state index in [2.05, 4.69) is 10.2 Å². The molecular weight excluding hydrogens is 401 g/mol. The minimum atomic E-state index is -0.206. The highest BCUT2D eigenvalue weighted by Gasteiger charge is 2.28. The lowest BCUT2D eigenvalue weighted by Gasteiger charge is -2.16. The molecule has 8 heteroatoms. The summed E-state index contributed by atoms with van der Waals surface area (Å²) in [6.07, 6.45) is 1.92. The van der Waals surface area contributed by atoms with Crippen LogP contribution in [0.2, 0.25) is 0 Å². The first-order chi connectivity index (χ1) is 15.2. The molecule has 1 atom stereocenters. The van der Waals surface area contributed by atoms with Crippen molar-refractivity contribution >= 4 is 5.91 Å². The van der Waals surface area contributed by atoms with Gasteiger partial charge in [0, 0.05) is 31.8 Å². The number of aromatic nitrogens is 2. The maximum atomic E-state index is 14.0. The van der Waals surface area contributed by atoms with Crippen LogP contribution < -0.4 is 9.47 Å². The Morgan fingerprint density at radius 2 is 1.94 bits per heavy atom. The standard InChI is InChI=1S/C23H22FN3O4/c24-18-4-2-1-3-17(18)16-9-10-27(13-16)23(28)8-7-21-25-26-22(31-21)12-15-5-6-19-20(11-15)30-14-29-19/h1-6,11,16H,7-10,12-14H2. The predicted molar refractivity (Wildman–Crippen MR) is 108 cm³/mol. The van der Waals surface area contributed by atoms with Crippen molar-refractivity contribution in [3.8, 4) is 11.5 Å². The van der Waals surface area contributed by atoms with Crippen molar-refractivity contribution in [3.05, 3.63) is 71.2 Å². The zero-order chi connectivity index (χ0) is 21.2. The number of likely N-dealkylation sites (tertiary alicyclic amines) is 1. The molecule has 0 spiro atoms. The fourth-order valence-electron chi connectivity index (χ4n) is 4.11. The fraction of sp³-hybridized carbons (Fsp3) is 0.348. The van der Waals surface area contributed by atoms with Gasteiger partial charge in [0.15, 0.2) is 11.5 Å². The van der Waals surface area contributed by atoms with E-state index in [0.29, 0.717) is 49.0 Å². The summed E-state index contributed by atoms with van der Waals surface area (Å²) in [4.78, 5) is 14.4. The number of carbonyl (C=O) groups excluding carboxylic acids is 1. The van der Waals surface area contributed by atoms with Gasteiger partial charge in [-0.25, -0.2) is 4.39 Å². The molecule has 1 fully saturated rings. The van der Waals surface area contributed by atoms with Gasteiger partial charge >= 0.3 is 0 Å². The monoisotopic (exact) mass is 423 g/mol. The number of hydrogen-bond donors (Lipinski definition) is 0. The Kier molecular flexibility index (Phi) is 5.28. The maximum absolute atomic E-state index is 14.0. The summed E-state index contributed by atoms with van der Waals surface area (Å²) in [6.45, 7) is 1.41. The van der Waals surface area contributed by atoms with E-state index in [4.69, 9.17) is 13.9 Å². The molecule has 7 nitrogen and oxygen atoms in total. The summed E-state index contributed by atoms with van der Waals surface area (Å²) >= 11 is 0. The van der Waals surface area contributed by atoms with Crippen LogP contribution in [0, 0.1) is 5.82 Å². The normalized spacial score (nSPS) is 17.3. The van der Waals surface area contributed by atoms with E-state index in [-0.39, 0.29) is 30.9 Å². The fourth-order valence-corrected chi connectivity index (χ4v) is 4.11. The van der Waals surface area contributed by atoms with Crippen molar-refractivity contribution in [1.82, 2.24) is 15.1 Å². The van der Waals surface area contributed by atoms with Crippen molar-refractivity contribution < 1.29 is 23.1 Å². The predicted octanol–water partition coefficient (Wildman–Crippen LogP) is 3.48. The Morgan fingerprint density at radius 1 is 1.10 bits per heavy atom. The Labute approximate surface area is 178 Å². The lowest BCUT2D eigenvalue weighted by Crippen LogP contribution is -2.28. The van der Waals surface area contributed by atoms with Crippen molar-refractivity contribution in [2.24, 2.45) is 0 Å². The number of amides is 1. The van der Waals surface area contributed by atoms with Crippen molar-refractivity contribution in [3.63, 3.8) is 0 Å². The minimum absolute atomic E-state index is 0.0226. The van der Waals surface area contributed by atoms with Crippen LogP contribution in [0.3, 0.4) is 0 Å². The van der Waals surface area contributed by atoms with E-state index in [0.717, 1.165) is 17.7 Å². The van der Waals surface area contributed by atoms with Gasteiger partial charge in [0.1, 0.15) is 5.82 Å². The zero-order valence-electron chi connectivity index (χ0n) is 16.9. The zero-order valence-corrected chi connectivity index (χ0v) is 16.9. The summed E-state index contributed by atoms with van der Waals surface area (Å²) in [5.41, 5.74) is 1.66. The summed E-state index contributed by atoms with van der Waals surface area (Å²) in [7, 11) is 0. The second-order valence-electron chi connectivity index (χ2n) is 7.80. The maximum Gasteiger partial charge on any atom is 0.231 e. The second-order valence-corrected chi connectivity index (χ2v) is 7.80. The molecule has 0 radical (unpaired) electrons.